The van der Waals surface area contributed by atoms with Gasteiger partial charge in [-0.1, -0.05) is 6.07 Å². The number of benzene rings is 1. The molecule has 2 nitrogen and oxygen atoms in total. The van der Waals surface area contributed by atoms with Gasteiger partial charge in [-0.05, 0) is 51.3 Å². The number of hydrogen-bond donors (Lipinski definition) is 0. The summed E-state index contributed by atoms with van der Waals surface area (Å²) in [7, 11) is 0. The average Bonchev–Trinajstić information content (AvgIpc) is 1.99. The number of carbonyl (C=O) groups excluding carboxylic acids is 2. The smallest absolute Gasteiger partial charge is 0.160 e. The van der Waals surface area contributed by atoms with Gasteiger partial charge in [0.1, 0.15) is 0 Å². The maximum atomic E-state index is 11.5. The molecular weight excluding hydrogens is 188 g/mol. The molecule has 0 aliphatic carbocycles. The summed E-state index contributed by atoms with van der Waals surface area (Å²) >= 11 is 0. The van der Waals surface area contributed by atoms with Crippen LogP contribution in [0.4, 0.5) is 0 Å². The van der Waals surface area contributed by atoms with Crippen LogP contribution in [-0.4, -0.2) is 11.6 Å². The third kappa shape index (κ3) is 1.99. The van der Waals surface area contributed by atoms with Crippen LogP contribution in [0.25, 0.3) is 0 Å². The van der Waals surface area contributed by atoms with Crippen molar-refractivity contribution in [2.75, 3.05) is 0 Å². The van der Waals surface area contributed by atoms with Crippen molar-refractivity contribution >= 4 is 11.6 Å². The fraction of sp³-hybridized carbons (Fsp3) is 0.385. The SMILES string of the molecule is CC(=O)c1c(C)cc(C)c(C(C)=O)c1C. The molecule has 0 heterocycles. The molecule has 2 heteroatoms. The molecule has 0 aromatic heterocycles. The van der Waals surface area contributed by atoms with Crippen molar-refractivity contribution in [2.45, 2.75) is 34.6 Å². The largest absolute Gasteiger partial charge is 0.294 e. The molecule has 0 unspecified atom stereocenters. The van der Waals surface area contributed by atoms with Gasteiger partial charge in [0, 0.05) is 11.1 Å². The third-order valence-corrected chi connectivity index (χ3v) is 2.68. The Morgan fingerprint density at radius 2 is 1.20 bits per heavy atom. The van der Waals surface area contributed by atoms with Gasteiger partial charge >= 0.3 is 0 Å². The predicted molar refractivity (Wildman–Crippen MR) is 60.7 cm³/mol. The van der Waals surface area contributed by atoms with E-state index in [2.05, 4.69) is 0 Å². The first-order valence-corrected chi connectivity index (χ1v) is 4.99. The summed E-state index contributed by atoms with van der Waals surface area (Å²) in [6.07, 6.45) is 0. The number of rotatable bonds is 2. The molecule has 0 fully saturated rings. The lowest BCUT2D eigenvalue weighted by atomic mass is 9.90. The first-order chi connectivity index (χ1) is 6.86. The quantitative estimate of drug-likeness (QED) is 0.694. The molecule has 0 saturated carbocycles. The Hall–Kier alpha value is -1.44. The van der Waals surface area contributed by atoms with E-state index >= 15 is 0 Å². The molecule has 1 aromatic rings. The fourth-order valence-corrected chi connectivity index (χ4v) is 2.27. The Morgan fingerprint density at radius 1 is 0.867 bits per heavy atom. The Kier molecular flexibility index (Phi) is 3.08. The first-order valence-electron chi connectivity index (χ1n) is 4.99. The molecule has 0 saturated heterocycles. The van der Waals surface area contributed by atoms with Crippen LogP contribution < -0.4 is 0 Å². The van der Waals surface area contributed by atoms with Crippen LogP contribution in [0.3, 0.4) is 0 Å². The van der Waals surface area contributed by atoms with E-state index in [4.69, 9.17) is 0 Å². The van der Waals surface area contributed by atoms with Crippen molar-refractivity contribution in [3.05, 3.63) is 33.9 Å². The number of carbonyl (C=O) groups is 2. The lowest BCUT2D eigenvalue weighted by Crippen LogP contribution is -2.08. The highest BCUT2D eigenvalue weighted by Gasteiger charge is 2.16. The van der Waals surface area contributed by atoms with Crippen molar-refractivity contribution in [3.63, 3.8) is 0 Å². The van der Waals surface area contributed by atoms with Crippen LogP contribution in [0.5, 0.6) is 0 Å². The molecule has 1 aromatic carbocycles. The van der Waals surface area contributed by atoms with E-state index < -0.39 is 0 Å². The highest BCUT2D eigenvalue weighted by Crippen LogP contribution is 2.23. The van der Waals surface area contributed by atoms with E-state index in [1.54, 1.807) is 0 Å². The highest BCUT2D eigenvalue weighted by molar-refractivity contribution is 6.03. The Bertz CT molecular complexity index is 404. The van der Waals surface area contributed by atoms with Crippen molar-refractivity contribution in [1.29, 1.82) is 0 Å². The topological polar surface area (TPSA) is 34.1 Å². The summed E-state index contributed by atoms with van der Waals surface area (Å²) in [4.78, 5) is 22.9. The second-order valence-electron chi connectivity index (χ2n) is 4.00. The molecule has 80 valence electrons. The summed E-state index contributed by atoms with van der Waals surface area (Å²) < 4.78 is 0. The Balaban J connectivity index is 3.64. The Labute approximate surface area is 90.3 Å². The second kappa shape index (κ2) is 3.97. The minimum Gasteiger partial charge on any atom is -0.294 e. The molecule has 0 aliphatic rings. The molecule has 0 spiro atoms. The van der Waals surface area contributed by atoms with E-state index in [1.165, 1.54) is 13.8 Å². The van der Waals surface area contributed by atoms with Gasteiger partial charge in [-0.25, -0.2) is 0 Å². The minimum atomic E-state index is 0.0208. The number of Topliss-reactive ketones (excluding diaryl/α,β-unsaturated/α-hetero) is 2. The lowest BCUT2D eigenvalue weighted by molar-refractivity contribution is 0.101. The van der Waals surface area contributed by atoms with E-state index in [0.717, 1.165) is 16.7 Å². The predicted octanol–water partition coefficient (Wildman–Crippen LogP) is 3.02. The van der Waals surface area contributed by atoms with Crippen molar-refractivity contribution in [1.82, 2.24) is 0 Å². The van der Waals surface area contributed by atoms with Gasteiger partial charge in [-0.2, -0.15) is 0 Å². The molecule has 0 N–H and O–H groups in total. The summed E-state index contributed by atoms with van der Waals surface area (Å²) in [5.74, 6) is 0.0417. The van der Waals surface area contributed by atoms with Gasteiger partial charge in [0.15, 0.2) is 11.6 Å². The maximum absolute atomic E-state index is 11.5. The molecule has 0 amide bonds. The number of ketones is 2. The van der Waals surface area contributed by atoms with Gasteiger partial charge in [0.05, 0.1) is 0 Å². The first kappa shape index (κ1) is 11.6. The monoisotopic (exact) mass is 204 g/mol. The van der Waals surface area contributed by atoms with E-state index in [-0.39, 0.29) is 11.6 Å². The third-order valence-electron chi connectivity index (χ3n) is 2.68. The molecule has 0 aliphatic heterocycles. The Morgan fingerprint density at radius 3 is 1.47 bits per heavy atom. The van der Waals surface area contributed by atoms with E-state index in [9.17, 15) is 9.59 Å². The van der Waals surface area contributed by atoms with E-state index in [1.807, 2.05) is 26.8 Å². The lowest BCUT2D eigenvalue weighted by Gasteiger charge is -2.13. The summed E-state index contributed by atoms with van der Waals surface area (Å²) in [6, 6.07) is 1.90. The van der Waals surface area contributed by atoms with Crippen LogP contribution in [0.15, 0.2) is 6.07 Å². The maximum Gasteiger partial charge on any atom is 0.160 e. The molecule has 15 heavy (non-hydrogen) atoms. The van der Waals surface area contributed by atoms with Crippen LogP contribution >= 0.6 is 0 Å². The standard InChI is InChI=1S/C13H16O2/c1-7-6-8(2)13(11(5)15)9(3)12(7)10(4)14/h6H,1-5H3. The van der Waals surface area contributed by atoms with Crippen LogP contribution in [-0.2, 0) is 0 Å². The van der Waals surface area contributed by atoms with Gasteiger partial charge in [0.2, 0.25) is 0 Å². The molecule has 1 rings (SSSR count). The molecule has 0 radical (unpaired) electrons. The highest BCUT2D eigenvalue weighted by atomic mass is 16.1. The molecular formula is C13H16O2. The van der Waals surface area contributed by atoms with E-state index in [0.29, 0.717) is 11.1 Å². The number of aryl methyl sites for hydroxylation is 2. The second-order valence-corrected chi connectivity index (χ2v) is 4.00. The zero-order valence-corrected chi connectivity index (χ0v) is 9.89. The van der Waals surface area contributed by atoms with Crippen LogP contribution in [0.2, 0.25) is 0 Å². The van der Waals surface area contributed by atoms with Gasteiger partial charge < -0.3 is 0 Å². The van der Waals surface area contributed by atoms with Crippen molar-refractivity contribution in [2.24, 2.45) is 0 Å². The van der Waals surface area contributed by atoms with Crippen LogP contribution in [0, 0.1) is 20.8 Å². The van der Waals surface area contributed by atoms with Crippen LogP contribution in [0.1, 0.15) is 51.3 Å². The summed E-state index contributed by atoms with van der Waals surface area (Å²) in [5, 5.41) is 0. The zero-order chi connectivity index (χ0) is 11.7. The fourth-order valence-electron chi connectivity index (χ4n) is 2.27. The molecule has 0 bridgehead atoms. The van der Waals surface area contributed by atoms with Crippen molar-refractivity contribution < 1.29 is 9.59 Å². The van der Waals surface area contributed by atoms with Gasteiger partial charge in [0.25, 0.3) is 0 Å². The van der Waals surface area contributed by atoms with Gasteiger partial charge in [-0.15, -0.1) is 0 Å². The van der Waals surface area contributed by atoms with Gasteiger partial charge in [-0.3, -0.25) is 9.59 Å². The zero-order valence-electron chi connectivity index (χ0n) is 9.89. The molecule has 0 atom stereocenters. The number of hydrogen-bond acceptors (Lipinski definition) is 2. The average molecular weight is 204 g/mol. The normalized spacial score (nSPS) is 10.2. The minimum absolute atomic E-state index is 0.0208. The van der Waals surface area contributed by atoms with Crippen molar-refractivity contribution in [3.8, 4) is 0 Å². The summed E-state index contributed by atoms with van der Waals surface area (Å²) in [5.41, 5.74) is 4.08. The summed E-state index contributed by atoms with van der Waals surface area (Å²) in [6.45, 7) is 8.72.